The van der Waals surface area contributed by atoms with E-state index in [2.05, 4.69) is 4.98 Å². The molecule has 0 spiro atoms. The minimum atomic E-state index is -0.0914. The predicted octanol–water partition coefficient (Wildman–Crippen LogP) is 1.35. The number of ketones is 1. The van der Waals surface area contributed by atoms with Crippen LogP contribution in [-0.4, -0.2) is 30.6 Å². The van der Waals surface area contributed by atoms with Crippen molar-refractivity contribution in [1.29, 1.82) is 0 Å². The van der Waals surface area contributed by atoms with Crippen LogP contribution in [0.3, 0.4) is 0 Å². The van der Waals surface area contributed by atoms with Crippen LogP contribution < -0.4 is 5.43 Å². The summed E-state index contributed by atoms with van der Waals surface area (Å²) in [6.07, 6.45) is 5.60. The summed E-state index contributed by atoms with van der Waals surface area (Å²) in [6, 6.07) is 1.39. The van der Waals surface area contributed by atoms with Gasteiger partial charge in [0, 0.05) is 29.1 Å². The van der Waals surface area contributed by atoms with Gasteiger partial charge in [0.05, 0.1) is 11.8 Å². The fourth-order valence-electron chi connectivity index (χ4n) is 1.33. The van der Waals surface area contributed by atoms with Crippen LogP contribution in [0, 0.1) is 6.92 Å². The Bertz CT molecular complexity index is 572. The van der Waals surface area contributed by atoms with Gasteiger partial charge in [0.1, 0.15) is 0 Å². The molecule has 0 amide bonds. The third-order valence-electron chi connectivity index (χ3n) is 2.49. The van der Waals surface area contributed by atoms with E-state index in [1.165, 1.54) is 12.1 Å². The molecule has 1 aromatic rings. The normalized spacial score (nSPS) is 13.5. The summed E-state index contributed by atoms with van der Waals surface area (Å²) in [5.41, 5.74) is 1.29. The molecule has 1 aromatic heterocycles. The van der Waals surface area contributed by atoms with Crippen molar-refractivity contribution < 1.29 is 36.6 Å². The number of allylic oxidation sites excluding steroid dienone is 3. The fourth-order valence-corrected chi connectivity index (χ4v) is 1.33. The van der Waals surface area contributed by atoms with Crippen molar-refractivity contribution in [3.05, 3.63) is 46.9 Å². The molecule has 5 N–H and O–H groups in total. The minimum Gasteiger partial charge on any atom is -0.500 e. The van der Waals surface area contributed by atoms with E-state index in [9.17, 15) is 0 Å². The first kappa shape index (κ1) is 17.2. The van der Waals surface area contributed by atoms with E-state index in [1.807, 2.05) is 6.08 Å². The first-order valence-corrected chi connectivity index (χ1v) is 5.44. The first-order valence-electron chi connectivity index (χ1n) is 5.44. The molecule has 1 heterocycles. The number of hydrogen-bond donors (Lipinski definition) is 3. The number of aromatic nitrogens is 1. The summed E-state index contributed by atoms with van der Waals surface area (Å²) in [7, 11) is 0. The SMILES string of the molecule is CC1=C(O)C(=[OH+])C=CC1.Cc1[nH]ccc(=[OH+])c1O.[Co]. The molecule has 0 bridgehead atoms. The van der Waals surface area contributed by atoms with Gasteiger partial charge in [-0.1, -0.05) is 6.08 Å². The Morgan fingerprint density at radius 3 is 2.26 bits per heavy atom. The predicted molar refractivity (Wildman–Crippen MR) is 68.3 cm³/mol. The van der Waals surface area contributed by atoms with Gasteiger partial charge in [-0.3, -0.25) is 9.59 Å². The zero-order valence-electron chi connectivity index (χ0n) is 10.6. The number of aliphatic hydroxyl groups excluding tert-OH is 1. The Morgan fingerprint density at radius 1 is 1.21 bits per heavy atom. The van der Waals surface area contributed by atoms with Crippen molar-refractivity contribution in [3.63, 3.8) is 0 Å². The summed E-state index contributed by atoms with van der Waals surface area (Å²) in [6.45, 7) is 3.46. The van der Waals surface area contributed by atoms with E-state index < -0.39 is 0 Å². The van der Waals surface area contributed by atoms with E-state index in [1.54, 1.807) is 20.0 Å². The molecule has 1 aliphatic rings. The van der Waals surface area contributed by atoms with Crippen LogP contribution in [0.25, 0.3) is 0 Å². The number of rotatable bonds is 0. The van der Waals surface area contributed by atoms with Crippen molar-refractivity contribution >= 4 is 5.78 Å². The molecule has 105 valence electrons. The van der Waals surface area contributed by atoms with Crippen LogP contribution in [0.5, 0.6) is 5.75 Å². The van der Waals surface area contributed by atoms with Gasteiger partial charge in [0.15, 0.2) is 0 Å². The Labute approximate surface area is 120 Å². The monoisotopic (exact) mass is 310 g/mol. The van der Waals surface area contributed by atoms with Gasteiger partial charge < -0.3 is 15.2 Å². The van der Waals surface area contributed by atoms with Crippen molar-refractivity contribution in [2.45, 2.75) is 20.3 Å². The second-order valence-corrected chi connectivity index (χ2v) is 3.96. The molecule has 0 fully saturated rings. The summed E-state index contributed by atoms with van der Waals surface area (Å²) in [5.74, 6) is -0.0891. The fraction of sp³-hybridized carbons (Fsp3) is 0.231. The number of nitrogens with one attached hydrogen (secondary N) is 1. The molecule has 0 unspecified atom stereocenters. The molecule has 0 atom stereocenters. The van der Waals surface area contributed by atoms with Crippen molar-refractivity contribution in [2.75, 3.05) is 0 Å². The van der Waals surface area contributed by atoms with E-state index in [-0.39, 0.29) is 39.5 Å². The summed E-state index contributed by atoms with van der Waals surface area (Å²) >= 11 is 0. The number of aromatic amines is 1. The van der Waals surface area contributed by atoms with Gasteiger partial charge in [0.25, 0.3) is 0 Å². The molecule has 1 aliphatic carbocycles. The molecule has 0 saturated heterocycles. The van der Waals surface area contributed by atoms with Crippen LogP contribution in [0.15, 0.2) is 35.7 Å². The largest absolute Gasteiger partial charge is 0.500 e. The van der Waals surface area contributed by atoms with E-state index in [0.717, 1.165) is 12.0 Å². The molecule has 5 nitrogen and oxygen atoms in total. The van der Waals surface area contributed by atoms with Crippen LogP contribution >= 0.6 is 0 Å². The molecule has 0 saturated carbocycles. The van der Waals surface area contributed by atoms with Crippen LogP contribution in [0.2, 0.25) is 0 Å². The molecule has 0 aliphatic heterocycles. The summed E-state index contributed by atoms with van der Waals surface area (Å²) < 4.78 is 0. The number of carbonyl (C=O) groups excluding carboxylic acids is 1. The second-order valence-electron chi connectivity index (χ2n) is 3.96. The maximum atomic E-state index is 8.99. The molecule has 19 heavy (non-hydrogen) atoms. The van der Waals surface area contributed by atoms with E-state index >= 15 is 0 Å². The number of aryl methyl sites for hydroxylation is 1. The Hall–Kier alpha value is -1.79. The molecular formula is C13H17CoNO4+2. The number of H-pyrrole nitrogens is 1. The molecular weight excluding hydrogens is 293 g/mol. The second kappa shape index (κ2) is 7.60. The third kappa shape index (κ3) is 4.76. The first-order chi connectivity index (χ1) is 8.43. The quantitative estimate of drug-likeness (QED) is 0.630. The Balaban J connectivity index is 0.000000324. The van der Waals surface area contributed by atoms with Gasteiger partial charge in [-0.05, 0) is 25.8 Å². The zero-order chi connectivity index (χ0) is 13.7. The molecule has 2 rings (SSSR count). The standard InChI is InChI=1S/C7H8O2.C6H7NO2.Co/c1-5-3-2-4-6(8)7(5)9;1-4-6(9)5(8)2-3-7-4;/h2,4,9H,3H2,1H3;2-3,9H,1H3,(H,7,8);/p+2. The maximum Gasteiger partial charge on any atom is 0.384 e. The summed E-state index contributed by atoms with van der Waals surface area (Å²) in [5, 5.41) is 17.9. The topological polar surface area (TPSA) is 99.0 Å². The minimum absolute atomic E-state index is 0. The van der Waals surface area contributed by atoms with Gasteiger partial charge >= 0.3 is 11.2 Å². The summed E-state index contributed by atoms with van der Waals surface area (Å²) in [4.78, 5) is 20.4. The van der Waals surface area contributed by atoms with Crippen LogP contribution in [-0.2, 0) is 16.8 Å². The molecule has 0 aromatic carbocycles. The molecule has 1 radical (unpaired) electrons. The Kier molecular flexibility index (Phi) is 6.88. The van der Waals surface area contributed by atoms with Crippen molar-refractivity contribution in [1.82, 2.24) is 4.98 Å². The molecule has 6 heteroatoms. The van der Waals surface area contributed by atoms with Crippen molar-refractivity contribution in [2.24, 2.45) is 0 Å². The smallest absolute Gasteiger partial charge is 0.384 e. The average molecular weight is 310 g/mol. The van der Waals surface area contributed by atoms with E-state index in [4.69, 9.17) is 19.8 Å². The van der Waals surface area contributed by atoms with E-state index in [0.29, 0.717) is 5.69 Å². The average Bonchev–Trinajstić information content (AvgIpc) is 2.34. The van der Waals surface area contributed by atoms with Gasteiger partial charge in [-0.2, -0.15) is 0 Å². The number of aromatic hydroxyl groups is 1. The van der Waals surface area contributed by atoms with Crippen molar-refractivity contribution in [3.8, 4) is 5.75 Å². The van der Waals surface area contributed by atoms with Crippen LogP contribution in [0.1, 0.15) is 19.0 Å². The van der Waals surface area contributed by atoms with Gasteiger partial charge in [0.2, 0.25) is 11.5 Å². The maximum absolute atomic E-state index is 8.99. The third-order valence-corrected chi connectivity index (χ3v) is 2.49. The van der Waals surface area contributed by atoms with Gasteiger partial charge in [-0.15, -0.1) is 0 Å². The van der Waals surface area contributed by atoms with Crippen LogP contribution in [0.4, 0.5) is 0 Å². The number of hydrogen-bond acceptors (Lipinski definition) is 2. The Morgan fingerprint density at radius 2 is 1.84 bits per heavy atom. The number of aliphatic hydroxyl groups is 1. The zero-order valence-corrected chi connectivity index (χ0v) is 11.7. The van der Waals surface area contributed by atoms with Gasteiger partial charge in [-0.25, -0.2) is 0 Å². The number of pyridine rings is 1.